The Morgan fingerprint density at radius 1 is 1.46 bits per heavy atom. The minimum absolute atomic E-state index is 0.347. The van der Waals surface area contributed by atoms with E-state index in [0.29, 0.717) is 5.57 Å². The van der Waals surface area contributed by atoms with Crippen molar-refractivity contribution in [3.8, 4) is 0 Å². The SMILES string of the molecule is C/C=C/C(=O)O.C=C(C)C(=O)OC. The minimum Gasteiger partial charge on any atom is -0.478 e. The van der Waals surface area contributed by atoms with E-state index in [1.807, 2.05) is 0 Å². The third-order valence-corrected chi connectivity index (χ3v) is 0.843. The Kier molecular flexibility index (Phi) is 9.15. The maximum Gasteiger partial charge on any atom is 0.332 e. The number of carboxylic acid groups (broad SMARTS) is 1. The smallest absolute Gasteiger partial charge is 0.332 e. The van der Waals surface area contributed by atoms with Gasteiger partial charge >= 0.3 is 11.9 Å². The van der Waals surface area contributed by atoms with Gasteiger partial charge in [0.2, 0.25) is 0 Å². The zero-order valence-electron chi connectivity index (χ0n) is 8.03. The van der Waals surface area contributed by atoms with Crippen LogP contribution in [0.5, 0.6) is 0 Å². The molecule has 0 saturated heterocycles. The summed E-state index contributed by atoms with van der Waals surface area (Å²) in [5, 5.41) is 7.83. The lowest BCUT2D eigenvalue weighted by atomic mass is 10.4. The van der Waals surface area contributed by atoms with E-state index >= 15 is 0 Å². The van der Waals surface area contributed by atoms with Crippen LogP contribution in [0.3, 0.4) is 0 Å². The first-order valence-corrected chi connectivity index (χ1v) is 3.55. The summed E-state index contributed by atoms with van der Waals surface area (Å²) in [5.41, 5.74) is 0.433. The summed E-state index contributed by atoms with van der Waals surface area (Å²) in [5.74, 6) is -1.24. The van der Waals surface area contributed by atoms with E-state index in [0.717, 1.165) is 6.08 Å². The van der Waals surface area contributed by atoms with Gasteiger partial charge in [-0.3, -0.25) is 0 Å². The fourth-order valence-electron chi connectivity index (χ4n) is 0.317. The van der Waals surface area contributed by atoms with Crippen molar-refractivity contribution in [1.82, 2.24) is 0 Å². The largest absolute Gasteiger partial charge is 0.478 e. The van der Waals surface area contributed by atoms with Crippen molar-refractivity contribution in [2.24, 2.45) is 0 Å². The fraction of sp³-hybridized carbons (Fsp3) is 0.333. The molecule has 0 radical (unpaired) electrons. The monoisotopic (exact) mass is 186 g/mol. The molecule has 0 bridgehead atoms. The summed E-state index contributed by atoms with van der Waals surface area (Å²) < 4.78 is 4.27. The average molecular weight is 186 g/mol. The molecule has 4 nitrogen and oxygen atoms in total. The summed E-state index contributed by atoms with van der Waals surface area (Å²) in [6.07, 6.45) is 2.56. The van der Waals surface area contributed by atoms with Crippen LogP contribution in [-0.4, -0.2) is 24.2 Å². The number of esters is 1. The van der Waals surface area contributed by atoms with Crippen molar-refractivity contribution in [3.05, 3.63) is 24.3 Å². The second-order valence-corrected chi connectivity index (χ2v) is 2.11. The van der Waals surface area contributed by atoms with Crippen molar-refractivity contribution in [1.29, 1.82) is 0 Å². The van der Waals surface area contributed by atoms with Gasteiger partial charge in [0, 0.05) is 11.6 Å². The summed E-state index contributed by atoms with van der Waals surface area (Å²) in [4.78, 5) is 19.7. The number of carbonyl (C=O) groups excluding carboxylic acids is 1. The number of aliphatic carboxylic acids is 1. The average Bonchev–Trinajstić information content (AvgIpc) is 2.03. The van der Waals surface area contributed by atoms with Crippen molar-refractivity contribution in [2.45, 2.75) is 13.8 Å². The maximum atomic E-state index is 10.2. The lowest BCUT2D eigenvalue weighted by molar-refractivity contribution is -0.136. The molecule has 0 aromatic rings. The van der Waals surface area contributed by atoms with Gasteiger partial charge in [-0.15, -0.1) is 0 Å². The Morgan fingerprint density at radius 3 is 1.92 bits per heavy atom. The summed E-state index contributed by atoms with van der Waals surface area (Å²) in [6, 6.07) is 0. The van der Waals surface area contributed by atoms with E-state index < -0.39 is 5.97 Å². The molecule has 0 fully saturated rings. The quantitative estimate of drug-likeness (QED) is 0.522. The number of hydrogen-bond donors (Lipinski definition) is 1. The zero-order chi connectivity index (χ0) is 10.9. The second-order valence-electron chi connectivity index (χ2n) is 2.11. The van der Waals surface area contributed by atoms with E-state index in [-0.39, 0.29) is 5.97 Å². The van der Waals surface area contributed by atoms with Crippen LogP contribution in [0.2, 0.25) is 0 Å². The molecule has 0 spiro atoms. The molecule has 0 aliphatic carbocycles. The molecule has 0 saturated carbocycles. The van der Waals surface area contributed by atoms with Gasteiger partial charge in [-0.25, -0.2) is 9.59 Å². The number of rotatable bonds is 2. The van der Waals surface area contributed by atoms with E-state index in [1.165, 1.54) is 13.2 Å². The van der Waals surface area contributed by atoms with Crippen LogP contribution in [0, 0.1) is 0 Å². The molecule has 74 valence electrons. The third kappa shape index (κ3) is 13.4. The van der Waals surface area contributed by atoms with Crippen molar-refractivity contribution < 1.29 is 19.4 Å². The molecule has 0 atom stereocenters. The maximum absolute atomic E-state index is 10.2. The lowest BCUT2D eigenvalue weighted by Gasteiger charge is -1.91. The molecule has 4 heteroatoms. The highest BCUT2D eigenvalue weighted by atomic mass is 16.5. The molecule has 0 heterocycles. The topological polar surface area (TPSA) is 63.6 Å². The predicted octanol–water partition coefficient (Wildman–Crippen LogP) is 1.38. The fourth-order valence-corrected chi connectivity index (χ4v) is 0.317. The molecule has 13 heavy (non-hydrogen) atoms. The molecule has 0 aromatic heterocycles. The van der Waals surface area contributed by atoms with Crippen LogP contribution in [-0.2, 0) is 14.3 Å². The van der Waals surface area contributed by atoms with Crippen molar-refractivity contribution in [3.63, 3.8) is 0 Å². The molecule has 0 rings (SSSR count). The lowest BCUT2D eigenvalue weighted by Crippen LogP contribution is -1.98. The van der Waals surface area contributed by atoms with Gasteiger partial charge in [-0.2, -0.15) is 0 Å². The van der Waals surface area contributed by atoms with Gasteiger partial charge in [0.1, 0.15) is 0 Å². The Morgan fingerprint density at radius 2 is 1.92 bits per heavy atom. The first-order valence-electron chi connectivity index (χ1n) is 3.55. The molecule has 0 aliphatic heterocycles. The number of ether oxygens (including phenoxy) is 1. The third-order valence-electron chi connectivity index (χ3n) is 0.843. The van der Waals surface area contributed by atoms with E-state index in [4.69, 9.17) is 5.11 Å². The van der Waals surface area contributed by atoms with Crippen molar-refractivity contribution >= 4 is 11.9 Å². The number of hydrogen-bond acceptors (Lipinski definition) is 3. The molecule has 1 N–H and O–H groups in total. The minimum atomic E-state index is -0.891. The van der Waals surface area contributed by atoms with Gasteiger partial charge in [0.25, 0.3) is 0 Å². The Bertz CT molecular complexity index is 216. The first-order chi connectivity index (χ1) is 5.95. The normalized spacial score (nSPS) is 8.54. The number of allylic oxidation sites excluding steroid dienone is 1. The van der Waals surface area contributed by atoms with Gasteiger partial charge < -0.3 is 9.84 Å². The molecule has 0 amide bonds. The van der Waals surface area contributed by atoms with Crippen molar-refractivity contribution in [2.75, 3.05) is 7.11 Å². The Hall–Kier alpha value is -1.58. The Labute approximate surface area is 77.5 Å². The first kappa shape index (κ1) is 14.0. The number of methoxy groups -OCH3 is 1. The summed E-state index contributed by atoms with van der Waals surface area (Å²) >= 11 is 0. The highest BCUT2D eigenvalue weighted by molar-refractivity contribution is 5.86. The van der Waals surface area contributed by atoms with Crippen LogP contribution >= 0.6 is 0 Å². The predicted molar refractivity (Wildman–Crippen MR) is 49.3 cm³/mol. The molecular weight excluding hydrogens is 172 g/mol. The molecule has 0 unspecified atom stereocenters. The van der Waals surface area contributed by atoms with E-state index in [9.17, 15) is 9.59 Å². The van der Waals surface area contributed by atoms with E-state index in [1.54, 1.807) is 13.8 Å². The van der Waals surface area contributed by atoms with Gasteiger partial charge in [-0.05, 0) is 13.8 Å². The van der Waals surface area contributed by atoms with Gasteiger partial charge in [0.15, 0.2) is 0 Å². The van der Waals surface area contributed by atoms with Gasteiger partial charge in [0.05, 0.1) is 7.11 Å². The second kappa shape index (κ2) is 8.52. The summed E-state index contributed by atoms with van der Waals surface area (Å²) in [6.45, 7) is 6.62. The highest BCUT2D eigenvalue weighted by Crippen LogP contribution is 1.87. The Balaban J connectivity index is 0. The van der Waals surface area contributed by atoms with Crippen LogP contribution < -0.4 is 0 Å². The van der Waals surface area contributed by atoms with Crippen LogP contribution in [0.4, 0.5) is 0 Å². The molecule has 0 aromatic carbocycles. The molecular formula is C9H14O4. The zero-order valence-corrected chi connectivity index (χ0v) is 8.03. The van der Waals surface area contributed by atoms with E-state index in [2.05, 4.69) is 11.3 Å². The summed E-state index contributed by atoms with van der Waals surface area (Å²) in [7, 11) is 1.33. The van der Waals surface area contributed by atoms with Crippen LogP contribution in [0.15, 0.2) is 24.3 Å². The number of carbonyl (C=O) groups is 2. The van der Waals surface area contributed by atoms with Gasteiger partial charge in [-0.1, -0.05) is 12.7 Å². The highest BCUT2D eigenvalue weighted by Gasteiger charge is 1.95. The molecule has 0 aliphatic rings. The number of carboxylic acids is 1. The van der Waals surface area contributed by atoms with Crippen LogP contribution in [0.1, 0.15) is 13.8 Å². The van der Waals surface area contributed by atoms with Crippen LogP contribution in [0.25, 0.3) is 0 Å². The standard InChI is InChI=1S/C5H8O2.C4H6O2/c1-4(2)5(6)7-3;1-2-3-4(5)6/h1H2,2-3H3;2-3H,1H3,(H,5,6)/b;3-2+.